The highest BCUT2D eigenvalue weighted by Gasteiger charge is 2.33. The van der Waals surface area contributed by atoms with Crippen molar-refractivity contribution in [3.8, 4) is 0 Å². The molecule has 2 rings (SSSR count). The second kappa shape index (κ2) is 5.65. The van der Waals surface area contributed by atoms with Crippen molar-refractivity contribution >= 4 is 0 Å². The Morgan fingerprint density at radius 1 is 1.35 bits per heavy atom. The number of fused-ring (bicyclic) bond motifs is 2. The molecule has 2 fully saturated rings. The Hall–Kier alpha value is -0.160. The van der Waals surface area contributed by atoms with E-state index in [1.165, 1.54) is 12.8 Å². The summed E-state index contributed by atoms with van der Waals surface area (Å²) in [4.78, 5) is 2.50. The number of aliphatic hydroxyl groups is 1. The lowest BCUT2D eigenvalue weighted by atomic mass is 9.92. The zero-order chi connectivity index (χ0) is 12.3. The predicted molar refractivity (Wildman–Crippen MR) is 67.9 cm³/mol. The number of likely N-dealkylation sites (tertiary alicyclic amines) is 1. The van der Waals surface area contributed by atoms with Gasteiger partial charge in [-0.15, -0.1) is 0 Å². The van der Waals surface area contributed by atoms with Gasteiger partial charge in [-0.25, -0.2) is 0 Å². The van der Waals surface area contributed by atoms with Gasteiger partial charge in [0.25, 0.3) is 0 Å². The van der Waals surface area contributed by atoms with Crippen molar-refractivity contribution in [1.82, 2.24) is 4.90 Å². The third-order valence-corrected chi connectivity index (χ3v) is 4.29. The first-order valence-corrected chi connectivity index (χ1v) is 6.93. The molecule has 17 heavy (non-hydrogen) atoms. The Balaban J connectivity index is 1.68. The Labute approximate surface area is 104 Å². The summed E-state index contributed by atoms with van der Waals surface area (Å²) >= 11 is 0. The van der Waals surface area contributed by atoms with Crippen LogP contribution in [0.3, 0.4) is 0 Å². The third kappa shape index (κ3) is 3.41. The minimum atomic E-state index is -0.370. The lowest BCUT2D eigenvalue weighted by molar-refractivity contribution is -0.0390. The lowest BCUT2D eigenvalue weighted by Gasteiger charge is -2.33. The van der Waals surface area contributed by atoms with Crippen molar-refractivity contribution in [1.29, 1.82) is 0 Å². The summed E-state index contributed by atoms with van der Waals surface area (Å²) in [6, 6.07) is 0. The van der Waals surface area contributed by atoms with E-state index < -0.39 is 0 Å². The van der Waals surface area contributed by atoms with Gasteiger partial charge in [-0.05, 0) is 38.6 Å². The molecule has 3 atom stereocenters. The zero-order valence-corrected chi connectivity index (χ0v) is 10.9. The van der Waals surface area contributed by atoms with E-state index in [4.69, 9.17) is 10.5 Å². The number of rotatable bonds is 6. The summed E-state index contributed by atoms with van der Waals surface area (Å²) in [5.74, 6) is 0. The summed E-state index contributed by atoms with van der Waals surface area (Å²) in [5.41, 5.74) is 5.72. The molecule has 4 heteroatoms. The van der Waals surface area contributed by atoms with Crippen LogP contribution in [0.1, 0.15) is 39.0 Å². The smallest absolute Gasteiger partial charge is 0.0707 e. The van der Waals surface area contributed by atoms with Crippen molar-refractivity contribution in [2.75, 3.05) is 26.2 Å². The van der Waals surface area contributed by atoms with Crippen molar-refractivity contribution < 1.29 is 9.84 Å². The molecule has 2 heterocycles. The number of hydrogen-bond acceptors (Lipinski definition) is 4. The monoisotopic (exact) mass is 242 g/mol. The number of morpholine rings is 1. The SMILES string of the molecule is CCC(N)(CO)CCCN1CC2CCC(C1)O2. The van der Waals surface area contributed by atoms with Crippen molar-refractivity contribution in [2.24, 2.45) is 5.73 Å². The number of ether oxygens (including phenoxy) is 1. The molecule has 2 aliphatic rings. The number of hydrogen-bond donors (Lipinski definition) is 2. The Kier molecular flexibility index (Phi) is 4.42. The maximum absolute atomic E-state index is 9.26. The molecule has 4 nitrogen and oxygen atoms in total. The fourth-order valence-electron chi connectivity index (χ4n) is 2.90. The van der Waals surface area contributed by atoms with Crippen LogP contribution in [0.5, 0.6) is 0 Å². The highest BCUT2D eigenvalue weighted by molar-refractivity contribution is 4.86. The van der Waals surface area contributed by atoms with E-state index in [0.29, 0.717) is 12.2 Å². The molecule has 0 aliphatic carbocycles. The first-order valence-electron chi connectivity index (χ1n) is 6.93. The van der Waals surface area contributed by atoms with Gasteiger partial charge in [0.05, 0.1) is 18.8 Å². The number of aliphatic hydroxyl groups excluding tert-OH is 1. The maximum Gasteiger partial charge on any atom is 0.0707 e. The van der Waals surface area contributed by atoms with E-state index >= 15 is 0 Å². The molecule has 0 aromatic heterocycles. The largest absolute Gasteiger partial charge is 0.394 e. The molecular weight excluding hydrogens is 216 g/mol. The van der Waals surface area contributed by atoms with E-state index in [1.54, 1.807) is 0 Å². The summed E-state index contributed by atoms with van der Waals surface area (Å²) in [6.45, 7) is 5.40. The van der Waals surface area contributed by atoms with Crippen LogP contribution in [0.25, 0.3) is 0 Å². The zero-order valence-electron chi connectivity index (χ0n) is 10.9. The molecule has 100 valence electrons. The van der Waals surface area contributed by atoms with Crippen LogP contribution in [-0.4, -0.2) is 54.0 Å². The van der Waals surface area contributed by atoms with Gasteiger partial charge in [0.1, 0.15) is 0 Å². The van der Waals surface area contributed by atoms with Crippen molar-refractivity contribution in [3.05, 3.63) is 0 Å². The van der Waals surface area contributed by atoms with E-state index in [-0.39, 0.29) is 12.1 Å². The Morgan fingerprint density at radius 2 is 2.00 bits per heavy atom. The van der Waals surface area contributed by atoms with Crippen LogP contribution in [-0.2, 0) is 4.74 Å². The molecule has 0 saturated carbocycles. The van der Waals surface area contributed by atoms with Gasteiger partial charge >= 0.3 is 0 Å². The molecule has 3 N–H and O–H groups in total. The highest BCUT2D eigenvalue weighted by atomic mass is 16.5. The molecule has 0 radical (unpaired) electrons. The van der Waals surface area contributed by atoms with Crippen LogP contribution in [0, 0.1) is 0 Å². The second-order valence-electron chi connectivity index (χ2n) is 5.69. The summed E-state index contributed by atoms with van der Waals surface area (Å²) in [7, 11) is 0. The van der Waals surface area contributed by atoms with E-state index in [0.717, 1.165) is 38.9 Å². The van der Waals surface area contributed by atoms with E-state index in [2.05, 4.69) is 4.90 Å². The van der Waals surface area contributed by atoms with Crippen LogP contribution >= 0.6 is 0 Å². The average Bonchev–Trinajstić information content (AvgIpc) is 2.68. The van der Waals surface area contributed by atoms with Crippen LogP contribution in [0.15, 0.2) is 0 Å². The fraction of sp³-hybridized carbons (Fsp3) is 1.00. The molecule has 0 amide bonds. The van der Waals surface area contributed by atoms with Gasteiger partial charge in [-0.1, -0.05) is 6.92 Å². The topological polar surface area (TPSA) is 58.7 Å². The molecule has 2 saturated heterocycles. The molecule has 0 aromatic carbocycles. The molecular formula is C13H26N2O2. The van der Waals surface area contributed by atoms with E-state index in [1.807, 2.05) is 6.92 Å². The summed E-state index contributed by atoms with van der Waals surface area (Å²) in [5, 5.41) is 9.26. The molecule has 3 unspecified atom stereocenters. The third-order valence-electron chi connectivity index (χ3n) is 4.29. The first kappa shape index (κ1) is 13.3. The lowest BCUT2D eigenvalue weighted by Crippen LogP contribution is -2.45. The fourth-order valence-corrected chi connectivity index (χ4v) is 2.90. The number of nitrogens with two attached hydrogens (primary N) is 1. The Bertz CT molecular complexity index is 232. The minimum Gasteiger partial charge on any atom is -0.394 e. The number of nitrogens with zero attached hydrogens (tertiary/aromatic N) is 1. The maximum atomic E-state index is 9.26. The normalized spacial score (nSPS) is 32.6. The van der Waals surface area contributed by atoms with Gasteiger partial charge in [-0.2, -0.15) is 0 Å². The predicted octanol–water partition coefficient (Wildman–Crippen LogP) is 0.730. The van der Waals surface area contributed by atoms with Gasteiger partial charge in [0.2, 0.25) is 0 Å². The van der Waals surface area contributed by atoms with Crippen molar-refractivity contribution in [3.63, 3.8) is 0 Å². The van der Waals surface area contributed by atoms with Gasteiger partial charge < -0.3 is 15.6 Å². The molecule has 0 aromatic rings. The standard InChI is InChI=1S/C13H26N2O2/c1-2-13(14,10-16)6-3-7-15-8-11-4-5-12(9-15)17-11/h11-12,16H,2-10,14H2,1H3. The Morgan fingerprint density at radius 3 is 2.53 bits per heavy atom. The molecule has 0 spiro atoms. The van der Waals surface area contributed by atoms with Crippen LogP contribution in [0.4, 0.5) is 0 Å². The summed E-state index contributed by atoms with van der Waals surface area (Å²) in [6.07, 6.45) is 6.23. The van der Waals surface area contributed by atoms with Gasteiger partial charge in [-0.3, -0.25) is 4.90 Å². The highest BCUT2D eigenvalue weighted by Crippen LogP contribution is 2.26. The van der Waals surface area contributed by atoms with Gasteiger partial charge in [0, 0.05) is 18.6 Å². The second-order valence-corrected chi connectivity index (χ2v) is 5.69. The minimum absolute atomic E-state index is 0.0951. The molecule has 2 bridgehead atoms. The van der Waals surface area contributed by atoms with Gasteiger partial charge in [0.15, 0.2) is 0 Å². The quantitative estimate of drug-likeness (QED) is 0.721. The average molecular weight is 242 g/mol. The van der Waals surface area contributed by atoms with E-state index in [9.17, 15) is 5.11 Å². The van der Waals surface area contributed by atoms with Crippen LogP contribution < -0.4 is 5.73 Å². The van der Waals surface area contributed by atoms with Crippen LogP contribution in [0.2, 0.25) is 0 Å². The first-order chi connectivity index (χ1) is 8.15. The molecule has 2 aliphatic heterocycles. The summed E-state index contributed by atoms with van der Waals surface area (Å²) < 4.78 is 5.81. The van der Waals surface area contributed by atoms with Crippen molar-refractivity contribution in [2.45, 2.75) is 56.8 Å².